The Kier molecular flexibility index (Phi) is 4.05. The zero-order chi connectivity index (χ0) is 14.1. The third kappa shape index (κ3) is 2.73. The van der Waals surface area contributed by atoms with Crippen LogP contribution in [0.4, 0.5) is 0 Å². The van der Waals surface area contributed by atoms with E-state index >= 15 is 0 Å². The van der Waals surface area contributed by atoms with Crippen molar-refractivity contribution < 1.29 is 19.4 Å². The summed E-state index contributed by atoms with van der Waals surface area (Å²) in [5.74, 6) is 0. The first-order valence-electron chi connectivity index (χ1n) is 7.05. The van der Waals surface area contributed by atoms with Crippen molar-refractivity contribution in [3.05, 3.63) is 35.9 Å². The number of aliphatic hydroxyl groups excluding tert-OH is 1. The molecule has 2 saturated heterocycles. The molecule has 5 heteroatoms. The van der Waals surface area contributed by atoms with Crippen molar-refractivity contribution in [1.29, 1.82) is 0 Å². The molecule has 0 aromatic heterocycles. The number of aliphatic hydroxyl groups is 1. The van der Waals surface area contributed by atoms with E-state index < -0.39 is 6.10 Å². The number of ether oxygens (including phenoxy) is 2. The first-order valence-corrected chi connectivity index (χ1v) is 7.05. The van der Waals surface area contributed by atoms with E-state index in [2.05, 4.69) is 12.1 Å². The maximum absolute atomic E-state index is 10.1. The molecule has 0 bridgehead atoms. The van der Waals surface area contributed by atoms with Gasteiger partial charge in [0.1, 0.15) is 18.3 Å². The first-order chi connectivity index (χ1) is 9.65. The van der Waals surface area contributed by atoms with E-state index in [-0.39, 0.29) is 24.5 Å². The van der Waals surface area contributed by atoms with Crippen LogP contribution in [0.1, 0.15) is 25.0 Å². The van der Waals surface area contributed by atoms with Crippen LogP contribution in [-0.2, 0) is 14.3 Å². The second kappa shape index (κ2) is 5.79. The SMILES string of the molecule is C[C@@H]1OC[C@@H](O)[C@H]([C@H]2C[C@@H](c3ccccc3)ON2C)O1. The number of likely N-dealkylation sites (N-methyl/N-ethyl adjacent to an activating group) is 1. The van der Waals surface area contributed by atoms with E-state index in [9.17, 15) is 5.11 Å². The topological polar surface area (TPSA) is 51.2 Å². The average Bonchev–Trinajstić information content (AvgIpc) is 2.84. The summed E-state index contributed by atoms with van der Waals surface area (Å²) in [5, 5.41) is 11.9. The Labute approximate surface area is 119 Å². The zero-order valence-corrected chi connectivity index (χ0v) is 11.8. The maximum Gasteiger partial charge on any atom is 0.155 e. The average molecular weight is 279 g/mol. The molecule has 3 rings (SSSR count). The van der Waals surface area contributed by atoms with E-state index in [1.807, 2.05) is 37.2 Å². The van der Waals surface area contributed by atoms with E-state index in [0.29, 0.717) is 6.61 Å². The van der Waals surface area contributed by atoms with Gasteiger partial charge in [0.2, 0.25) is 0 Å². The number of hydrogen-bond acceptors (Lipinski definition) is 5. The second-order valence-corrected chi connectivity index (χ2v) is 5.42. The summed E-state index contributed by atoms with van der Waals surface area (Å²) >= 11 is 0. The zero-order valence-electron chi connectivity index (χ0n) is 11.8. The Morgan fingerprint density at radius 2 is 2.00 bits per heavy atom. The molecule has 20 heavy (non-hydrogen) atoms. The molecule has 1 aromatic rings. The molecular weight excluding hydrogens is 258 g/mol. The van der Waals surface area contributed by atoms with E-state index in [0.717, 1.165) is 12.0 Å². The summed E-state index contributed by atoms with van der Waals surface area (Å²) in [4.78, 5) is 5.90. The Hall–Kier alpha value is -0.980. The van der Waals surface area contributed by atoms with Gasteiger partial charge in [0, 0.05) is 13.5 Å². The van der Waals surface area contributed by atoms with Gasteiger partial charge in [0.15, 0.2) is 6.29 Å². The van der Waals surface area contributed by atoms with Crippen LogP contribution in [0.25, 0.3) is 0 Å². The molecule has 0 amide bonds. The molecule has 1 N–H and O–H groups in total. The maximum atomic E-state index is 10.1. The quantitative estimate of drug-likeness (QED) is 0.889. The summed E-state index contributed by atoms with van der Waals surface area (Å²) in [7, 11) is 1.89. The standard InChI is InChI=1S/C15H21NO4/c1-10-18-9-13(17)15(19-10)12-8-14(20-16(12)2)11-6-4-3-5-7-11/h3-7,10,12-15,17H,8-9H2,1-2H3/t10-,12-,13-,14+,15+/m1/s1. The fourth-order valence-electron chi connectivity index (χ4n) is 2.92. The summed E-state index contributed by atoms with van der Waals surface area (Å²) in [5.41, 5.74) is 1.15. The Morgan fingerprint density at radius 1 is 1.25 bits per heavy atom. The lowest BCUT2D eigenvalue weighted by Gasteiger charge is -2.37. The third-order valence-corrected chi connectivity index (χ3v) is 4.00. The summed E-state index contributed by atoms with van der Waals surface area (Å²) in [6.45, 7) is 2.16. The van der Waals surface area contributed by atoms with Crippen molar-refractivity contribution in [3.8, 4) is 0 Å². The van der Waals surface area contributed by atoms with Crippen LogP contribution in [0, 0.1) is 0 Å². The number of hydrogen-bond donors (Lipinski definition) is 1. The van der Waals surface area contributed by atoms with Crippen LogP contribution in [0.15, 0.2) is 30.3 Å². The molecule has 0 saturated carbocycles. The minimum Gasteiger partial charge on any atom is -0.388 e. The molecule has 2 heterocycles. The third-order valence-electron chi connectivity index (χ3n) is 4.00. The highest BCUT2D eigenvalue weighted by atomic mass is 16.7. The van der Waals surface area contributed by atoms with Gasteiger partial charge >= 0.3 is 0 Å². The van der Waals surface area contributed by atoms with E-state index in [1.54, 1.807) is 0 Å². The van der Waals surface area contributed by atoms with Crippen LogP contribution in [0.3, 0.4) is 0 Å². The molecule has 110 valence electrons. The molecule has 0 spiro atoms. The van der Waals surface area contributed by atoms with Gasteiger partial charge in [0.05, 0.1) is 12.6 Å². The van der Waals surface area contributed by atoms with Crippen LogP contribution in [0.5, 0.6) is 0 Å². The fourth-order valence-corrected chi connectivity index (χ4v) is 2.92. The molecule has 1 aromatic carbocycles. The van der Waals surface area contributed by atoms with Gasteiger partial charge in [-0.1, -0.05) is 30.3 Å². The second-order valence-electron chi connectivity index (χ2n) is 5.42. The minimum atomic E-state index is -0.614. The van der Waals surface area contributed by atoms with Crippen LogP contribution in [-0.4, -0.2) is 48.4 Å². The Balaban J connectivity index is 1.72. The van der Waals surface area contributed by atoms with Crippen molar-refractivity contribution in [2.24, 2.45) is 0 Å². The number of nitrogens with zero attached hydrogens (tertiary/aromatic N) is 1. The molecule has 5 atom stereocenters. The summed E-state index contributed by atoms with van der Waals surface area (Å²) < 4.78 is 11.0. The smallest absolute Gasteiger partial charge is 0.155 e. The predicted molar refractivity (Wildman–Crippen MR) is 72.7 cm³/mol. The van der Waals surface area contributed by atoms with Gasteiger partial charge < -0.3 is 14.6 Å². The van der Waals surface area contributed by atoms with E-state index in [4.69, 9.17) is 14.3 Å². The molecule has 2 aliphatic rings. The van der Waals surface area contributed by atoms with Gasteiger partial charge in [-0.25, -0.2) is 0 Å². The fraction of sp³-hybridized carbons (Fsp3) is 0.600. The Bertz CT molecular complexity index is 441. The minimum absolute atomic E-state index is 0.0140. The number of hydroxylamine groups is 2. The highest BCUT2D eigenvalue weighted by Crippen LogP contribution is 2.36. The van der Waals surface area contributed by atoms with Crippen molar-refractivity contribution in [1.82, 2.24) is 5.06 Å². The lowest BCUT2D eigenvalue weighted by Crippen LogP contribution is -2.52. The van der Waals surface area contributed by atoms with Crippen LogP contribution < -0.4 is 0 Å². The number of rotatable bonds is 2. The molecule has 0 aliphatic carbocycles. The molecule has 0 unspecified atom stereocenters. The Morgan fingerprint density at radius 3 is 2.75 bits per heavy atom. The van der Waals surface area contributed by atoms with Crippen molar-refractivity contribution in [2.75, 3.05) is 13.7 Å². The molecule has 2 fully saturated rings. The normalized spacial score (nSPS) is 39.0. The highest BCUT2D eigenvalue weighted by molar-refractivity contribution is 5.18. The van der Waals surface area contributed by atoms with E-state index in [1.165, 1.54) is 0 Å². The first kappa shape index (κ1) is 14.0. The summed E-state index contributed by atoms with van der Waals surface area (Å²) in [6.07, 6.45) is -0.364. The largest absolute Gasteiger partial charge is 0.388 e. The molecular formula is C15H21NO4. The molecule has 5 nitrogen and oxygen atoms in total. The molecule has 0 radical (unpaired) electrons. The lowest BCUT2D eigenvalue weighted by molar-refractivity contribution is -0.269. The van der Waals surface area contributed by atoms with Gasteiger partial charge in [-0.05, 0) is 12.5 Å². The highest BCUT2D eigenvalue weighted by Gasteiger charge is 2.43. The van der Waals surface area contributed by atoms with Gasteiger partial charge in [0.25, 0.3) is 0 Å². The van der Waals surface area contributed by atoms with Gasteiger partial charge in [-0.15, -0.1) is 0 Å². The predicted octanol–water partition coefficient (Wildman–Crippen LogP) is 1.49. The van der Waals surface area contributed by atoms with Crippen LogP contribution in [0.2, 0.25) is 0 Å². The lowest BCUT2D eigenvalue weighted by atomic mass is 9.97. The van der Waals surface area contributed by atoms with Crippen molar-refractivity contribution >= 4 is 0 Å². The van der Waals surface area contributed by atoms with Crippen molar-refractivity contribution in [2.45, 2.75) is 44.0 Å². The molecule has 2 aliphatic heterocycles. The number of benzene rings is 1. The van der Waals surface area contributed by atoms with Crippen LogP contribution >= 0.6 is 0 Å². The van der Waals surface area contributed by atoms with Crippen molar-refractivity contribution in [3.63, 3.8) is 0 Å². The van der Waals surface area contributed by atoms with Gasteiger partial charge in [-0.2, -0.15) is 5.06 Å². The monoisotopic (exact) mass is 279 g/mol. The summed E-state index contributed by atoms with van der Waals surface area (Å²) in [6, 6.07) is 10.2. The van der Waals surface area contributed by atoms with Gasteiger partial charge in [-0.3, -0.25) is 4.84 Å².